The highest BCUT2D eigenvalue weighted by atomic mass is 16.5. The number of aliphatic hydroxyl groups excluding tert-OH is 1. The fourth-order valence-electron chi connectivity index (χ4n) is 2.82. The van der Waals surface area contributed by atoms with Crippen molar-refractivity contribution in [3.05, 3.63) is 17.5 Å². The molecule has 1 aromatic heterocycles. The summed E-state index contributed by atoms with van der Waals surface area (Å²) in [5.41, 5.74) is 0.892. The van der Waals surface area contributed by atoms with Crippen LogP contribution in [0.15, 0.2) is 10.6 Å². The van der Waals surface area contributed by atoms with Crippen molar-refractivity contribution in [2.24, 2.45) is 5.92 Å². The maximum absolute atomic E-state index is 12.1. The molecule has 0 bridgehead atoms. The number of carbonyl (C=O) groups excluding carboxylic acids is 1. The SMILES string of the molecule is CC(C)c1cc(CNC(=O)N(C)CC2CCCCC2O)on1. The number of nitrogens with zero attached hydrogens (tertiary/aromatic N) is 2. The van der Waals surface area contributed by atoms with Crippen LogP contribution in [-0.2, 0) is 6.54 Å². The Kier molecular flexibility index (Phi) is 5.83. The summed E-state index contributed by atoms with van der Waals surface area (Å²) < 4.78 is 5.20. The first-order valence-electron chi connectivity index (χ1n) is 8.10. The normalized spacial score (nSPS) is 21.9. The van der Waals surface area contributed by atoms with Crippen molar-refractivity contribution < 1.29 is 14.4 Å². The van der Waals surface area contributed by atoms with Crippen LogP contribution in [0.2, 0.25) is 0 Å². The van der Waals surface area contributed by atoms with Crippen molar-refractivity contribution in [3.63, 3.8) is 0 Å². The first-order valence-corrected chi connectivity index (χ1v) is 8.10. The lowest BCUT2D eigenvalue weighted by molar-refractivity contribution is 0.0564. The van der Waals surface area contributed by atoms with Gasteiger partial charge in [0.05, 0.1) is 18.3 Å². The van der Waals surface area contributed by atoms with Gasteiger partial charge in [0.15, 0.2) is 5.76 Å². The van der Waals surface area contributed by atoms with Gasteiger partial charge in [-0.2, -0.15) is 0 Å². The highest BCUT2D eigenvalue weighted by Gasteiger charge is 2.25. The zero-order valence-corrected chi connectivity index (χ0v) is 13.7. The van der Waals surface area contributed by atoms with Gasteiger partial charge in [0.1, 0.15) is 0 Å². The summed E-state index contributed by atoms with van der Waals surface area (Å²) in [5.74, 6) is 1.15. The zero-order chi connectivity index (χ0) is 16.1. The lowest BCUT2D eigenvalue weighted by Crippen LogP contribution is -2.42. The van der Waals surface area contributed by atoms with Gasteiger partial charge < -0.3 is 19.8 Å². The van der Waals surface area contributed by atoms with Crippen molar-refractivity contribution in [2.75, 3.05) is 13.6 Å². The Morgan fingerprint density at radius 3 is 2.86 bits per heavy atom. The number of hydrogen-bond acceptors (Lipinski definition) is 4. The van der Waals surface area contributed by atoms with Gasteiger partial charge in [-0.3, -0.25) is 0 Å². The summed E-state index contributed by atoms with van der Waals surface area (Å²) in [6.45, 7) is 5.00. The smallest absolute Gasteiger partial charge is 0.317 e. The van der Waals surface area contributed by atoms with E-state index in [1.165, 1.54) is 0 Å². The van der Waals surface area contributed by atoms with Crippen molar-refractivity contribution in [1.82, 2.24) is 15.4 Å². The molecule has 1 heterocycles. The summed E-state index contributed by atoms with van der Waals surface area (Å²) in [5, 5.41) is 16.8. The number of carbonyl (C=O) groups is 1. The van der Waals surface area contributed by atoms with Crippen molar-refractivity contribution in [2.45, 2.75) is 58.1 Å². The van der Waals surface area contributed by atoms with Crippen LogP contribution in [0.3, 0.4) is 0 Å². The van der Waals surface area contributed by atoms with E-state index < -0.39 is 0 Å². The molecule has 124 valence electrons. The van der Waals surface area contributed by atoms with Crippen LogP contribution in [0.25, 0.3) is 0 Å². The molecule has 1 aliphatic carbocycles. The predicted octanol–water partition coefficient (Wildman–Crippen LogP) is 2.49. The molecule has 2 unspecified atom stereocenters. The molecule has 2 atom stereocenters. The van der Waals surface area contributed by atoms with Gasteiger partial charge in [-0.05, 0) is 18.8 Å². The summed E-state index contributed by atoms with van der Waals surface area (Å²) in [6, 6.07) is 1.72. The molecule has 1 fully saturated rings. The van der Waals surface area contributed by atoms with E-state index in [4.69, 9.17) is 4.52 Å². The van der Waals surface area contributed by atoms with E-state index in [9.17, 15) is 9.90 Å². The molecule has 1 aromatic rings. The van der Waals surface area contributed by atoms with Crippen LogP contribution in [0, 0.1) is 5.92 Å². The number of nitrogens with one attached hydrogen (secondary N) is 1. The Hall–Kier alpha value is -1.56. The van der Waals surface area contributed by atoms with Crippen LogP contribution < -0.4 is 5.32 Å². The molecule has 2 N–H and O–H groups in total. The molecule has 6 nitrogen and oxygen atoms in total. The summed E-state index contributed by atoms with van der Waals surface area (Å²) in [4.78, 5) is 13.7. The monoisotopic (exact) mass is 309 g/mol. The Morgan fingerprint density at radius 1 is 1.50 bits per heavy atom. The maximum Gasteiger partial charge on any atom is 0.317 e. The molecule has 0 aliphatic heterocycles. The van der Waals surface area contributed by atoms with Gasteiger partial charge in [-0.15, -0.1) is 0 Å². The fraction of sp³-hybridized carbons (Fsp3) is 0.750. The molecule has 0 spiro atoms. The Morgan fingerprint density at radius 2 is 2.23 bits per heavy atom. The second-order valence-corrected chi connectivity index (χ2v) is 6.52. The second-order valence-electron chi connectivity index (χ2n) is 6.52. The van der Waals surface area contributed by atoms with Crippen molar-refractivity contribution in [3.8, 4) is 0 Å². The predicted molar refractivity (Wildman–Crippen MR) is 83.4 cm³/mol. The van der Waals surface area contributed by atoms with Crippen LogP contribution in [0.5, 0.6) is 0 Å². The van der Waals surface area contributed by atoms with Crippen LogP contribution in [-0.4, -0.2) is 40.9 Å². The lowest BCUT2D eigenvalue weighted by atomic mass is 9.86. The van der Waals surface area contributed by atoms with E-state index in [-0.39, 0.29) is 18.1 Å². The largest absolute Gasteiger partial charge is 0.393 e. The lowest BCUT2D eigenvalue weighted by Gasteiger charge is -2.31. The maximum atomic E-state index is 12.1. The van der Waals surface area contributed by atoms with Crippen molar-refractivity contribution in [1.29, 1.82) is 0 Å². The van der Waals surface area contributed by atoms with Crippen LogP contribution in [0.4, 0.5) is 4.79 Å². The van der Waals surface area contributed by atoms with Gasteiger partial charge in [0.2, 0.25) is 0 Å². The second kappa shape index (κ2) is 7.63. The Balaban J connectivity index is 1.78. The minimum Gasteiger partial charge on any atom is -0.393 e. The van der Waals surface area contributed by atoms with E-state index in [2.05, 4.69) is 10.5 Å². The number of aromatic nitrogens is 1. The first-order chi connectivity index (χ1) is 10.5. The first kappa shape index (κ1) is 16.8. The van der Waals surface area contributed by atoms with Gasteiger partial charge in [0.25, 0.3) is 0 Å². The highest BCUT2D eigenvalue weighted by molar-refractivity contribution is 5.73. The van der Waals surface area contributed by atoms with Gasteiger partial charge in [-0.1, -0.05) is 31.8 Å². The Bertz CT molecular complexity index is 487. The third kappa shape index (κ3) is 4.47. The average Bonchev–Trinajstić information content (AvgIpc) is 2.96. The van der Waals surface area contributed by atoms with Gasteiger partial charge in [0, 0.05) is 25.6 Å². The van der Waals surface area contributed by atoms with Gasteiger partial charge in [-0.25, -0.2) is 4.79 Å². The van der Waals surface area contributed by atoms with E-state index in [1.54, 1.807) is 11.9 Å². The standard InChI is InChI=1S/C16H27N3O3/c1-11(2)14-8-13(22-18-14)9-17-16(21)19(3)10-12-6-4-5-7-15(12)20/h8,11-12,15,20H,4-7,9-10H2,1-3H3,(H,17,21). The average molecular weight is 309 g/mol. The van der Waals surface area contributed by atoms with Gasteiger partial charge >= 0.3 is 6.03 Å². The molecule has 22 heavy (non-hydrogen) atoms. The molecular formula is C16H27N3O3. The quantitative estimate of drug-likeness (QED) is 0.876. The molecule has 0 radical (unpaired) electrons. The molecule has 2 rings (SSSR count). The summed E-state index contributed by atoms with van der Waals surface area (Å²) in [7, 11) is 1.76. The van der Waals surface area contributed by atoms with E-state index in [0.717, 1.165) is 31.4 Å². The molecule has 0 aromatic carbocycles. The third-order valence-electron chi connectivity index (χ3n) is 4.31. The molecule has 6 heteroatoms. The summed E-state index contributed by atoms with van der Waals surface area (Å²) in [6.07, 6.45) is 3.76. The van der Waals surface area contributed by atoms with Crippen molar-refractivity contribution >= 4 is 6.03 Å². The molecule has 1 aliphatic rings. The van der Waals surface area contributed by atoms with E-state index >= 15 is 0 Å². The molecule has 0 saturated heterocycles. The summed E-state index contributed by atoms with van der Waals surface area (Å²) >= 11 is 0. The Labute approximate surface area is 131 Å². The van der Waals surface area contributed by atoms with Crippen LogP contribution in [0.1, 0.15) is 56.9 Å². The van der Waals surface area contributed by atoms with E-state index in [1.807, 2.05) is 19.9 Å². The number of aliphatic hydroxyl groups is 1. The number of rotatable bonds is 5. The molecule has 1 saturated carbocycles. The minimum absolute atomic E-state index is 0.153. The molecular weight excluding hydrogens is 282 g/mol. The number of hydrogen-bond donors (Lipinski definition) is 2. The minimum atomic E-state index is -0.285. The zero-order valence-electron chi connectivity index (χ0n) is 13.7. The highest BCUT2D eigenvalue weighted by Crippen LogP contribution is 2.24. The number of amides is 2. The number of urea groups is 1. The van der Waals surface area contributed by atoms with E-state index in [0.29, 0.717) is 24.8 Å². The van der Waals surface area contributed by atoms with Crippen LogP contribution >= 0.6 is 0 Å². The topological polar surface area (TPSA) is 78.6 Å². The third-order valence-corrected chi connectivity index (χ3v) is 4.31. The molecule has 2 amide bonds. The fourth-order valence-corrected chi connectivity index (χ4v) is 2.82.